The number of carbonyl (C=O) groups is 1. The second kappa shape index (κ2) is 7.88. The SMILES string of the molecule is Cc1ccc(NC(=O)c2ccc(S(=O)(=O)NCCC#N)cc2)cc1F. The van der Waals surface area contributed by atoms with Gasteiger partial charge in [0.15, 0.2) is 0 Å². The normalized spacial score (nSPS) is 10.9. The predicted octanol–water partition coefficient (Wildman–Crippen LogP) is 2.58. The predicted molar refractivity (Wildman–Crippen MR) is 91.0 cm³/mol. The molecule has 2 aromatic carbocycles. The molecular formula is C17H16FN3O3S. The quantitative estimate of drug-likeness (QED) is 0.773. The fourth-order valence-electron chi connectivity index (χ4n) is 1.98. The lowest BCUT2D eigenvalue weighted by atomic mass is 10.2. The molecule has 0 fully saturated rings. The van der Waals surface area contributed by atoms with Crippen LogP contribution in [-0.4, -0.2) is 20.9 Å². The first-order valence-electron chi connectivity index (χ1n) is 7.37. The summed E-state index contributed by atoms with van der Waals surface area (Å²) in [6.45, 7) is 1.63. The molecule has 0 aromatic heterocycles. The van der Waals surface area contributed by atoms with Gasteiger partial charge in [0.2, 0.25) is 10.0 Å². The zero-order chi connectivity index (χ0) is 18.4. The van der Waals surface area contributed by atoms with Crippen molar-refractivity contribution in [2.75, 3.05) is 11.9 Å². The second-order valence-electron chi connectivity index (χ2n) is 5.25. The topological polar surface area (TPSA) is 99.1 Å². The van der Waals surface area contributed by atoms with Gasteiger partial charge in [-0.2, -0.15) is 5.26 Å². The molecule has 0 saturated heterocycles. The van der Waals surface area contributed by atoms with Crippen molar-refractivity contribution in [3.63, 3.8) is 0 Å². The van der Waals surface area contributed by atoms with Gasteiger partial charge < -0.3 is 5.32 Å². The lowest BCUT2D eigenvalue weighted by molar-refractivity contribution is 0.102. The summed E-state index contributed by atoms with van der Waals surface area (Å²) in [6.07, 6.45) is 0.0623. The minimum Gasteiger partial charge on any atom is -0.322 e. The van der Waals surface area contributed by atoms with Crippen LogP contribution in [0.5, 0.6) is 0 Å². The Morgan fingerprint density at radius 1 is 1.20 bits per heavy atom. The maximum absolute atomic E-state index is 13.5. The molecule has 0 aliphatic heterocycles. The number of nitriles is 1. The first-order valence-corrected chi connectivity index (χ1v) is 8.86. The first-order chi connectivity index (χ1) is 11.8. The van der Waals surface area contributed by atoms with Crippen LogP contribution in [0.3, 0.4) is 0 Å². The summed E-state index contributed by atoms with van der Waals surface area (Å²) in [5.41, 5.74) is 1.01. The summed E-state index contributed by atoms with van der Waals surface area (Å²) < 4.78 is 39.8. The smallest absolute Gasteiger partial charge is 0.255 e. The van der Waals surface area contributed by atoms with Crippen LogP contribution in [-0.2, 0) is 10.0 Å². The molecule has 2 aromatic rings. The molecule has 2 rings (SSSR count). The molecule has 130 valence electrons. The summed E-state index contributed by atoms with van der Waals surface area (Å²) in [5.74, 6) is -0.910. The van der Waals surface area contributed by atoms with Crippen LogP contribution in [0, 0.1) is 24.1 Å². The molecule has 0 bridgehead atoms. The van der Waals surface area contributed by atoms with Gasteiger partial charge in [0.1, 0.15) is 5.82 Å². The largest absolute Gasteiger partial charge is 0.322 e. The van der Waals surface area contributed by atoms with Gasteiger partial charge in [-0.15, -0.1) is 0 Å². The number of aryl methyl sites for hydroxylation is 1. The lowest BCUT2D eigenvalue weighted by Gasteiger charge is -2.08. The van der Waals surface area contributed by atoms with Crippen molar-refractivity contribution in [1.82, 2.24) is 4.72 Å². The van der Waals surface area contributed by atoms with E-state index in [1.54, 1.807) is 19.1 Å². The van der Waals surface area contributed by atoms with Gasteiger partial charge in [0.25, 0.3) is 5.91 Å². The van der Waals surface area contributed by atoms with Crippen molar-refractivity contribution in [2.45, 2.75) is 18.2 Å². The Morgan fingerprint density at radius 2 is 1.88 bits per heavy atom. The summed E-state index contributed by atoms with van der Waals surface area (Å²) in [6, 6.07) is 11.5. The number of rotatable bonds is 6. The summed E-state index contributed by atoms with van der Waals surface area (Å²) >= 11 is 0. The average Bonchev–Trinajstić information content (AvgIpc) is 2.58. The second-order valence-corrected chi connectivity index (χ2v) is 7.02. The maximum atomic E-state index is 13.5. The number of anilines is 1. The van der Waals surface area contributed by atoms with E-state index < -0.39 is 21.7 Å². The highest BCUT2D eigenvalue weighted by Gasteiger charge is 2.14. The Bertz CT molecular complexity index is 919. The van der Waals surface area contributed by atoms with Gasteiger partial charge in [-0.1, -0.05) is 6.07 Å². The third kappa shape index (κ3) is 4.86. The van der Waals surface area contributed by atoms with E-state index in [2.05, 4.69) is 10.0 Å². The number of amides is 1. The Kier molecular flexibility index (Phi) is 5.85. The summed E-state index contributed by atoms with van der Waals surface area (Å²) in [4.78, 5) is 12.1. The highest BCUT2D eigenvalue weighted by molar-refractivity contribution is 7.89. The van der Waals surface area contributed by atoms with Gasteiger partial charge in [0, 0.05) is 24.2 Å². The molecule has 0 saturated carbocycles. The van der Waals surface area contributed by atoms with Gasteiger partial charge in [0.05, 0.1) is 11.0 Å². The van der Waals surface area contributed by atoms with Crippen molar-refractivity contribution < 1.29 is 17.6 Å². The van der Waals surface area contributed by atoms with Gasteiger partial charge in [-0.25, -0.2) is 17.5 Å². The molecule has 6 nitrogen and oxygen atoms in total. The fourth-order valence-corrected chi connectivity index (χ4v) is 3.02. The van der Waals surface area contributed by atoms with E-state index in [1.165, 1.54) is 30.3 Å². The molecule has 0 unspecified atom stereocenters. The number of hydrogen-bond acceptors (Lipinski definition) is 4. The molecule has 1 amide bonds. The molecule has 0 radical (unpaired) electrons. The van der Waals surface area contributed by atoms with E-state index >= 15 is 0 Å². The van der Waals surface area contributed by atoms with Gasteiger partial charge >= 0.3 is 0 Å². The Hall–Kier alpha value is -2.76. The molecule has 0 atom stereocenters. The monoisotopic (exact) mass is 361 g/mol. The van der Waals surface area contributed by atoms with E-state index in [0.717, 1.165) is 0 Å². The number of carbonyl (C=O) groups excluding carboxylic acids is 1. The number of nitrogens with zero attached hydrogens (tertiary/aromatic N) is 1. The highest BCUT2D eigenvalue weighted by atomic mass is 32.2. The van der Waals surface area contributed by atoms with Crippen LogP contribution in [0.1, 0.15) is 22.3 Å². The summed E-state index contributed by atoms with van der Waals surface area (Å²) in [7, 11) is -3.73. The van der Waals surface area contributed by atoms with Crippen molar-refractivity contribution >= 4 is 21.6 Å². The summed E-state index contributed by atoms with van der Waals surface area (Å²) in [5, 5.41) is 11.0. The number of hydrogen-bond donors (Lipinski definition) is 2. The number of nitrogens with one attached hydrogen (secondary N) is 2. The van der Waals surface area contributed by atoms with Crippen molar-refractivity contribution in [1.29, 1.82) is 5.26 Å². The molecule has 0 aliphatic rings. The number of sulfonamides is 1. The van der Waals surface area contributed by atoms with E-state index in [9.17, 15) is 17.6 Å². The van der Waals surface area contributed by atoms with Crippen molar-refractivity contribution in [2.24, 2.45) is 0 Å². The van der Waals surface area contributed by atoms with E-state index in [-0.39, 0.29) is 23.4 Å². The Labute approximate surface area is 145 Å². The molecule has 2 N–H and O–H groups in total. The van der Waals surface area contributed by atoms with Gasteiger partial charge in [-0.3, -0.25) is 4.79 Å². The zero-order valence-corrected chi connectivity index (χ0v) is 14.2. The fraction of sp³-hybridized carbons (Fsp3) is 0.176. The highest BCUT2D eigenvalue weighted by Crippen LogP contribution is 2.16. The molecule has 0 heterocycles. The third-order valence-corrected chi connectivity index (χ3v) is 4.86. The van der Waals surface area contributed by atoms with E-state index in [1.807, 2.05) is 6.07 Å². The lowest BCUT2D eigenvalue weighted by Crippen LogP contribution is -2.24. The standard InChI is InChI=1S/C17H16FN3O3S/c1-12-3-6-14(11-16(12)18)21-17(22)13-4-7-15(8-5-13)25(23,24)20-10-2-9-19/h3-8,11,20H,2,10H2,1H3,(H,21,22). The molecule has 0 aliphatic carbocycles. The van der Waals surface area contributed by atoms with Crippen molar-refractivity contribution in [3.05, 3.63) is 59.4 Å². The van der Waals surface area contributed by atoms with Gasteiger partial charge in [-0.05, 0) is 48.9 Å². The minimum absolute atomic E-state index is 0.0108. The van der Waals surface area contributed by atoms with E-state index in [0.29, 0.717) is 11.3 Å². The maximum Gasteiger partial charge on any atom is 0.255 e. The third-order valence-electron chi connectivity index (χ3n) is 3.39. The van der Waals surface area contributed by atoms with E-state index in [4.69, 9.17) is 5.26 Å². The van der Waals surface area contributed by atoms with Crippen LogP contribution in [0.25, 0.3) is 0 Å². The zero-order valence-electron chi connectivity index (χ0n) is 13.4. The van der Waals surface area contributed by atoms with Crippen LogP contribution in [0.4, 0.5) is 10.1 Å². The molecule has 8 heteroatoms. The average molecular weight is 361 g/mol. The van der Waals surface area contributed by atoms with Crippen LogP contribution < -0.4 is 10.0 Å². The van der Waals surface area contributed by atoms with Crippen molar-refractivity contribution in [3.8, 4) is 6.07 Å². The minimum atomic E-state index is -3.73. The Morgan fingerprint density at radius 3 is 2.48 bits per heavy atom. The van der Waals surface area contributed by atoms with Crippen LogP contribution in [0.2, 0.25) is 0 Å². The molecule has 25 heavy (non-hydrogen) atoms. The van der Waals surface area contributed by atoms with Crippen LogP contribution in [0.15, 0.2) is 47.4 Å². The molecular weight excluding hydrogens is 345 g/mol. The first kappa shape index (κ1) is 18.6. The number of benzene rings is 2. The Balaban J connectivity index is 2.09. The van der Waals surface area contributed by atoms with Crippen LogP contribution >= 0.6 is 0 Å². The molecule has 0 spiro atoms. The number of halogens is 1.